The predicted molar refractivity (Wildman–Crippen MR) is 148 cm³/mol. The van der Waals surface area contributed by atoms with E-state index in [1.807, 2.05) is 19.1 Å². The number of non-ortho nitro benzene ring substituents is 1. The minimum atomic E-state index is -0.683. The summed E-state index contributed by atoms with van der Waals surface area (Å²) in [6.45, 7) is 4.04. The molecule has 0 bridgehead atoms. The van der Waals surface area contributed by atoms with Gasteiger partial charge in [0.05, 0.1) is 22.1 Å². The zero-order valence-corrected chi connectivity index (χ0v) is 22.2. The third kappa shape index (κ3) is 5.38. The molecule has 0 aliphatic carbocycles. The largest absolute Gasteiger partial charge is 0.490 e. The number of hydrogen-bond acceptors (Lipinski definition) is 9. The molecular weight excluding hydrogens is 544 g/mol. The minimum absolute atomic E-state index is 0.00813. The van der Waals surface area contributed by atoms with E-state index in [2.05, 4.69) is 4.99 Å². The Balaban J connectivity index is 1.43. The summed E-state index contributed by atoms with van der Waals surface area (Å²) >= 11 is 7.62. The van der Waals surface area contributed by atoms with Crippen LogP contribution in [0.1, 0.15) is 33.3 Å². The average molecular weight is 563 g/mol. The third-order valence-electron chi connectivity index (χ3n) is 5.70. The Bertz CT molecular complexity index is 1710. The number of nitro benzene ring substituents is 1. The van der Waals surface area contributed by atoms with Crippen LogP contribution in [-0.4, -0.2) is 29.4 Å². The first-order valence-corrected chi connectivity index (χ1v) is 12.9. The number of aliphatic imine (C=N–C) groups is 1. The van der Waals surface area contributed by atoms with Gasteiger partial charge in [0.2, 0.25) is 5.90 Å². The van der Waals surface area contributed by atoms with Gasteiger partial charge in [0.15, 0.2) is 17.2 Å². The maximum absolute atomic E-state index is 12.6. The predicted octanol–water partition coefficient (Wildman–Crippen LogP) is 6.73. The Labute approximate surface area is 231 Å². The number of cyclic esters (lactones) is 1. The second-order valence-corrected chi connectivity index (χ2v) is 9.84. The smallest absolute Gasteiger partial charge is 0.363 e. The standard InChI is InChI=1S/C28H19ClN2O7S/c1-3-36-22-13-16(6-11-21(22)37-27(32)17-7-4-15(2)5-8-17)12-20-28(33)38-26(30-20)25-24(29)19-10-9-18(31(34)35)14-23(19)39-25/h4-14H,3H2,1-2H3/b20-12+. The van der Waals surface area contributed by atoms with Crippen LogP contribution < -0.4 is 9.47 Å². The normalized spacial score (nSPS) is 13.9. The Morgan fingerprint density at radius 1 is 1.13 bits per heavy atom. The lowest BCUT2D eigenvalue weighted by Gasteiger charge is -2.11. The van der Waals surface area contributed by atoms with Crippen molar-refractivity contribution in [3.05, 3.63) is 103 Å². The molecule has 5 rings (SSSR count). The molecule has 196 valence electrons. The van der Waals surface area contributed by atoms with E-state index in [9.17, 15) is 19.7 Å². The summed E-state index contributed by atoms with van der Waals surface area (Å²) in [5.74, 6) is -0.654. The van der Waals surface area contributed by atoms with E-state index in [0.29, 0.717) is 38.4 Å². The Kier molecular flexibility index (Phi) is 7.14. The molecule has 11 heteroatoms. The van der Waals surface area contributed by atoms with Crippen molar-refractivity contribution in [1.29, 1.82) is 0 Å². The molecular formula is C28H19ClN2O7S. The molecule has 0 saturated carbocycles. The molecule has 0 N–H and O–H groups in total. The Morgan fingerprint density at radius 3 is 2.62 bits per heavy atom. The zero-order chi connectivity index (χ0) is 27.7. The monoisotopic (exact) mass is 562 g/mol. The molecule has 1 aliphatic heterocycles. The molecule has 0 saturated heterocycles. The summed E-state index contributed by atoms with van der Waals surface area (Å²) in [5.41, 5.74) is 1.93. The van der Waals surface area contributed by atoms with Crippen LogP contribution in [0.3, 0.4) is 0 Å². The van der Waals surface area contributed by atoms with Gasteiger partial charge in [0.25, 0.3) is 5.69 Å². The van der Waals surface area contributed by atoms with Crippen molar-refractivity contribution < 1.29 is 28.7 Å². The maximum Gasteiger partial charge on any atom is 0.363 e. The van der Waals surface area contributed by atoms with E-state index >= 15 is 0 Å². The summed E-state index contributed by atoms with van der Waals surface area (Å²) < 4.78 is 17.2. The number of benzene rings is 3. The molecule has 0 unspecified atom stereocenters. The first-order valence-electron chi connectivity index (χ1n) is 11.7. The van der Waals surface area contributed by atoms with Gasteiger partial charge in [0.1, 0.15) is 4.88 Å². The summed E-state index contributed by atoms with van der Waals surface area (Å²) in [5, 5.41) is 12.0. The van der Waals surface area contributed by atoms with Gasteiger partial charge in [-0.2, -0.15) is 0 Å². The average Bonchev–Trinajstić information content (AvgIpc) is 3.44. The van der Waals surface area contributed by atoms with Crippen LogP contribution in [0, 0.1) is 17.0 Å². The molecule has 9 nitrogen and oxygen atoms in total. The van der Waals surface area contributed by atoms with E-state index in [1.54, 1.807) is 43.3 Å². The second kappa shape index (κ2) is 10.7. The van der Waals surface area contributed by atoms with Crippen LogP contribution in [0.5, 0.6) is 11.5 Å². The Hall–Kier alpha value is -4.54. The van der Waals surface area contributed by atoms with Gasteiger partial charge >= 0.3 is 11.9 Å². The molecule has 1 aliphatic rings. The fourth-order valence-corrected chi connectivity index (χ4v) is 5.26. The van der Waals surface area contributed by atoms with E-state index in [1.165, 1.54) is 18.2 Å². The Morgan fingerprint density at radius 2 is 1.90 bits per heavy atom. The highest BCUT2D eigenvalue weighted by Gasteiger charge is 2.28. The molecule has 0 atom stereocenters. The number of rotatable bonds is 7. The molecule has 4 aromatic rings. The fourth-order valence-electron chi connectivity index (χ4n) is 3.78. The van der Waals surface area contributed by atoms with Crippen LogP contribution in [0.2, 0.25) is 5.02 Å². The van der Waals surface area contributed by atoms with E-state index < -0.39 is 16.9 Å². The van der Waals surface area contributed by atoms with Crippen LogP contribution in [0.25, 0.3) is 16.2 Å². The first-order chi connectivity index (χ1) is 18.7. The van der Waals surface area contributed by atoms with Gasteiger partial charge in [0, 0.05) is 22.2 Å². The third-order valence-corrected chi connectivity index (χ3v) is 7.34. The first kappa shape index (κ1) is 26.1. The highest BCUT2D eigenvalue weighted by atomic mass is 35.5. The number of esters is 2. The van der Waals surface area contributed by atoms with Crippen LogP contribution in [0.15, 0.2) is 71.4 Å². The number of nitro groups is 1. The number of aryl methyl sites for hydroxylation is 1. The van der Waals surface area contributed by atoms with Crippen molar-refractivity contribution in [3.8, 4) is 11.5 Å². The number of ether oxygens (including phenoxy) is 3. The van der Waals surface area contributed by atoms with Crippen molar-refractivity contribution in [2.45, 2.75) is 13.8 Å². The number of carbonyl (C=O) groups excluding carboxylic acids is 2. The van der Waals surface area contributed by atoms with Gasteiger partial charge in [-0.1, -0.05) is 35.4 Å². The van der Waals surface area contributed by atoms with E-state index in [-0.39, 0.29) is 28.1 Å². The van der Waals surface area contributed by atoms with Crippen molar-refractivity contribution in [2.24, 2.45) is 4.99 Å². The molecule has 1 aromatic heterocycles. The number of thiophene rings is 1. The molecule has 0 spiro atoms. The number of carbonyl (C=O) groups is 2. The second-order valence-electron chi connectivity index (χ2n) is 8.41. The van der Waals surface area contributed by atoms with Crippen molar-refractivity contribution in [1.82, 2.24) is 0 Å². The number of fused-ring (bicyclic) bond motifs is 1. The van der Waals surface area contributed by atoms with Crippen LogP contribution in [0.4, 0.5) is 5.69 Å². The SMILES string of the molecule is CCOc1cc(/C=C2/N=C(c3sc4cc([N+](=O)[O-])ccc4c3Cl)OC2=O)ccc1OC(=O)c1ccc(C)cc1. The van der Waals surface area contributed by atoms with Crippen LogP contribution >= 0.6 is 22.9 Å². The molecule has 2 heterocycles. The minimum Gasteiger partial charge on any atom is -0.490 e. The molecule has 0 radical (unpaired) electrons. The van der Waals surface area contributed by atoms with Gasteiger partial charge < -0.3 is 14.2 Å². The lowest BCUT2D eigenvalue weighted by Crippen LogP contribution is -2.09. The highest BCUT2D eigenvalue weighted by molar-refractivity contribution is 7.21. The van der Waals surface area contributed by atoms with E-state index in [0.717, 1.165) is 16.9 Å². The molecule has 39 heavy (non-hydrogen) atoms. The van der Waals surface area contributed by atoms with E-state index in [4.69, 9.17) is 25.8 Å². The van der Waals surface area contributed by atoms with Gasteiger partial charge in [-0.25, -0.2) is 14.6 Å². The van der Waals surface area contributed by atoms with Crippen molar-refractivity contribution in [3.63, 3.8) is 0 Å². The summed E-state index contributed by atoms with van der Waals surface area (Å²) in [7, 11) is 0. The molecule has 3 aromatic carbocycles. The lowest BCUT2D eigenvalue weighted by molar-refractivity contribution is -0.384. The van der Waals surface area contributed by atoms with Gasteiger partial charge in [-0.15, -0.1) is 11.3 Å². The van der Waals surface area contributed by atoms with Gasteiger partial charge in [-0.05, 0) is 55.8 Å². The van der Waals surface area contributed by atoms with Crippen LogP contribution in [-0.2, 0) is 9.53 Å². The summed E-state index contributed by atoms with van der Waals surface area (Å²) in [4.78, 5) is 40.5. The number of hydrogen-bond donors (Lipinski definition) is 0. The fraction of sp³-hybridized carbons (Fsp3) is 0.107. The lowest BCUT2D eigenvalue weighted by atomic mass is 10.1. The maximum atomic E-state index is 12.6. The quantitative estimate of drug-likeness (QED) is 0.0805. The molecule has 0 fully saturated rings. The van der Waals surface area contributed by atoms with Crippen molar-refractivity contribution >= 4 is 62.6 Å². The topological polar surface area (TPSA) is 117 Å². The summed E-state index contributed by atoms with van der Waals surface area (Å²) in [6.07, 6.45) is 1.51. The zero-order valence-electron chi connectivity index (χ0n) is 20.6. The number of halogens is 1. The highest BCUT2D eigenvalue weighted by Crippen LogP contribution is 2.39. The summed E-state index contributed by atoms with van der Waals surface area (Å²) in [6, 6.07) is 16.2. The van der Waals surface area contributed by atoms with Gasteiger partial charge in [-0.3, -0.25) is 10.1 Å². The molecule has 0 amide bonds. The number of nitrogens with zero attached hydrogens (tertiary/aromatic N) is 2. The van der Waals surface area contributed by atoms with Crippen molar-refractivity contribution in [2.75, 3.05) is 6.61 Å².